The van der Waals surface area contributed by atoms with Gasteiger partial charge in [0.1, 0.15) is 5.82 Å². The van der Waals surface area contributed by atoms with E-state index in [9.17, 15) is 14.5 Å². The molecule has 2 aromatic rings. The van der Waals surface area contributed by atoms with E-state index in [1.807, 2.05) is 0 Å². The second kappa shape index (κ2) is 4.24. The molecule has 0 fully saturated rings. The van der Waals surface area contributed by atoms with Gasteiger partial charge in [0.15, 0.2) is 11.5 Å². The smallest absolute Gasteiger partial charge is 0.273 e. The summed E-state index contributed by atoms with van der Waals surface area (Å²) in [7, 11) is 0. The Kier molecular flexibility index (Phi) is 2.56. The maximum Gasteiger partial charge on any atom is 0.273 e. The van der Waals surface area contributed by atoms with Gasteiger partial charge in [-0.3, -0.25) is 10.1 Å². The molecule has 0 aromatic heterocycles. The summed E-state index contributed by atoms with van der Waals surface area (Å²) in [5.74, 6) is 0.149. The Balaban J connectivity index is 1.92. The van der Waals surface area contributed by atoms with E-state index in [1.165, 1.54) is 24.3 Å². The largest absolute Gasteiger partial charge is 0.447 e. The number of nitro groups is 1. The van der Waals surface area contributed by atoms with Crippen molar-refractivity contribution in [1.82, 2.24) is 0 Å². The average molecular weight is 261 g/mol. The minimum Gasteiger partial charge on any atom is -0.447 e. The van der Waals surface area contributed by atoms with Crippen LogP contribution in [0, 0.1) is 15.9 Å². The van der Waals surface area contributed by atoms with Crippen molar-refractivity contribution in [3.63, 3.8) is 0 Å². The zero-order chi connectivity index (χ0) is 13.4. The van der Waals surface area contributed by atoms with Gasteiger partial charge in [0.25, 0.3) is 12.0 Å². The number of non-ortho nitro benzene ring substituents is 1. The molecule has 5 nitrogen and oxygen atoms in total. The van der Waals surface area contributed by atoms with Crippen LogP contribution in [0.4, 0.5) is 10.1 Å². The van der Waals surface area contributed by atoms with E-state index in [1.54, 1.807) is 18.2 Å². The molecule has 0 amide bonds. The summed E-state index contributed by atoms with van der Waals surface area (Å²) >= 11 is 0. The summed E-state index contributed by atoms with van der Waals surface area (Å²) < 4.78 is 24.4. The van der Waals surface area contributed by atoms with Gasteiger partial charge in [0.05, 0.1) is 16.6 Å². The molecule has 2 aromatic carbocycles. The summed E-state index contributed by atoms with van der Waals surface area (Å²) in [4.78, 5) is 10.1. The van der Waals surface area contributed by atoms with Gasteiger partial charge in [-0.2, -0.15) is 0 Å². The fourth-order valence-electron chi connectivity index (χ4n) is 1.85. The van der Waals surface area contributed by atoms with E-state index in [0.717, 1.165) is 0 Å². The van der Waals surface area contributed by atoms with E-state index < -0.39 is 17.0 Å². The van der Waals surface area contributed by atoms with Gasteiger partial charge in [-0.15, -0.1) is 0 Å². The first-order valence-electron chi connectivity index (χ1n) is 5.51. The van der Waals surface area contributed by atoms with E-state index in [-0.39, 0.29) is 17.0 Å². The van der Waals surface area contributed by atoms with E-state index in [4.69, 9.17) is 9.47 Å². The topological polar surface area (TPSA) is 61.6 Å². The molecule has 1 atom stereocenters. The number of ether oxygens (including phenoxy) is 2. The highest BCUT2D eigenvalue weighted by molar-refractivity contribution is 5.50. The lowest BCUT2D eigenvalue weighted by atomic mass is 10.2. The van der Waals surface area contributed by atoms with Crippen molar-refractivity contribution < 1.29 is 18.8 Å². The monoisotopic (exact) mass is 261 g/mol. The molecule has 6 heteroatoms. The Morgan fingerprint density at radius 3 is 2.58 bits per heavy atom. The Hall–Kier alpha value is -2.63. The summed E-state index contributed by atoms with van der Waals surface area (Å²) in [6.45, 7) is 0. The van der Waals surface area contributed by atoms with Crippen LogP contribution in [0.25, 0.3) is 0 Å². The van der Waals surface area contributed by atoms with Gasteiger partial charge in [-0.25, -0.2) is 4.39 Å². The first kappa shape index (κ1) is 11.5. The van der Waals surface area contributed by atoms with E-state index in [0.29, 0.717) is 5.75 Å². The predicted octanol–water partition coefficient (Wildman–Crippen LogP) is 3.20. The second-order valence-corrected chi connectivity index (χ2v) is 3.98. The van der Waals surface area contributed by atoms with Crippen LogP contribution < -0.4 is 9.47 Å². The molecule has 0 radical (unpaired) electrons. The van der Waals surface area contributed by atoms with Crippen LogP contribution >= 0.6 is 0 Å². The lowest BCUT2D eigenvalue weighted by Gasteiger charge is -2.10. The minimum atomic E-state index is -0.918. The Labute approximate surface area is 107 Å². The Morgan fingerprint density at radius 2 is 1.84 bits per heavy atom. The number of hydrogen-bond donors (Lipinski definition) is 0. The lowest BCUT2D eigenvalue weighted by molar-refractivity contribution is -0.384. The molecule has 0 N–H and O–H groups in total. The van der Waals surface area contributed by atoms with Crippen molar-refractivity contribution in [2.75, 3.05) is 0 Å². The summed E-state index contributed by atoms with van der Waals surface area (Å²) in [5.41, 5.74) is 0.151. The maximum atomic E-state index is 13.6. The normalized spacial score (nSPS) is 16.4. The van der Waals surface area contributed by atoms with Crippen LogP contribution in [-0.4, -0.2) is 4.92 Å². The number of nitrogens with zero attached hydrogens (tertiary/aromatic N) is 1. The summed E-state index contributed by atoms with van der Waals surface area (Å²) in [6, 6.07) is 10.1. The molecule has 1 aliphatic heterocycles. The molecular formula is C13H8FNO4. The van der Waals surface area contributed by atoms with Crippen LogP contribution in [0.5, 0.6) is 11.5 Å². The number of nitro benzene ring substituents is 1. The van der Waals surface area contributed by atoms with Crippen molar-refractivity contribution in [2.24, 2.45) is 0 Å². The van der Waals surface area contributed by atoms with Gasteiger partial charge in [0, 0.05) is 6.07 Å². The van der Waals surface area contributed by atoms with Gasteiger partial charge in [-0.1, -0.05) is 12.1 Å². The first-order chi connectivity index (χ1) is 9.15. The molecular weight excluding hydrogens is 253 g/mol. The van der Waals surface area contributed by atoms with E-state index >= 15 is 0 Å². The Bertz CT molecular complexity index is 659. The Morgan fingerprint density at radius 1 is 1.11 bits per heavy atom. The summed E-state index contributed by atoms with van der Waals surface area (Å²) in [5, 5.41) is 10.7. The van der Waals surface area contributed by atoms with Crippen molar-refractivity contribution in [3.8, 4) is 11.5 Å². The van der Waals surface area contributed by atoms with E-state index in [2.05, 4.69) is 0 Å². The van der Waals surface area contributed by atoms with Crippen molar-refractivity contribution in [1.29, 1.82) is 0 Å². The highest BCUT2D eigenvalue weighted by atomic mass is 19.1. The van der Waals surface area contributed by atoms with Crippen molar-refractivity contribution in [3.05, 3.63) is 64.0 Å². The molecule has 0 aliphatic carbocycles. The van der Waals surface area contributed by atoms with Gasteiger partial charge >= 0.3 is 0 Å². The summed E-state index contributed by atoms with van der Waals surface area (Å²) in [6.07, 6.45) is -0.918. The zero-order valence-electron chi connectivity index (χ0n) is 9.58. The molecule has 0 spiro atoms. The van der Waals surface area contributed by atoms with Crippen LogP contribution in [0.2, 0.25) is 0 Å². The minimum absolute atomic E-state index is 0.100. The molecule has 1 heterocycles. The van der Waals surface area contributed by atoms with Gasteiger partial charge < -0.3 is 9.47 Å². The molecule has 1 unspecified atom stereocenters. The molecule has 0 bridgehead atoms. The van der Waals surface area contributed by atoms with Gasteiger partial charge in [-0.05, 0) is 18.2 Å². The molecule has 3 rings (SSSR count). The third-order valence-corrected chi connectivity index (χ3v) is 2.77. The highest BCUT2D eigenvalue weighted by Crippen LogP contribution is 2.42. The number of halogens is 1. The number of hydrogen-bond acceptors (Lipinski definition) is 4. The van der Waals surface area contributed by atoms with Crippen LogP contribution in [0.1, 0.15) is 11.9 Å². The predicted molar refractivity (Wildman–Crippen MR) is 63.5 cm³/mol. The van der Waals surface area contributed by atoms with Crippen molar-refractivity contribution in [2.45, 2.75) is 6.29 Å². The molecule has 0 saturated heterocycles. The average Bonchev–Trinajstić information content (AvgIpc) is 2.81. The van der Waals surface area contributed by atoms with Gasteiger partial charge in [0.2, 0.25) is 0 Å². The SMILES string of the molecule is O=[N+]([O-])c1ccc2c(c1)OC(c1ccccc1F)O2. The number of fused-ring (bicyclic) bond motifs is 1. The third-order valence-electron chi connectivity index (χ3n) is 2.77. The lowest BCUT2D eigenvalue weighted by Crippen LogP contribution is -2.09. The highest BCUT2D eigenvalue weighted by Gasteiger charge is 2.29. The molecule has 1 aliphatic rings. The zero-order valence-corrected chi connectivity index (χ0v) is 9.58. The van der Waals surface area contributed by atoms with Crippen LogP contribution in [-0.2, 0) is 0 Å². The number of benzene rings is 2. The maximum absolute atomic E-state index is 13.6. The van der Waals surface area contributed by atoms with Crippen molar-refractivity contribution >= 4 is 5.69 Å². The van der Waals surface area contributed by atoms with Crippen LogP contribution in [0.3, 0.4) is 0 Å². The quantitative estimate of drug-likeness (QED) is 0.615. The molecule has 0 saturated carbocycles. The van der Waals surface area contributed by atoms with Crippen LogP contribution in [0.15, 0.2) is 42.5 Å². The number of rotatable bonds is 2. The third kappa shape index (κ3) is 1.97. The fourth-order valence-corrected chi connectivity index (χ4v) is 1.85. The fraction of sp³-hybridized carbons (Fsp3) is 0.0769. The second-order valence-electron chi connectivity index (χ2n) is 3.98. The first-order valence-corrected chi connectivity index (χ1v) is 5.51. The molecule has 96 valence electrons. The molecule has 19 heavy (non-hydrogen) atoms. The standard InChI is InChI=1S/C13H8FNO4/c14-10-4-2-1-3-9(10)13-18-11-6-5-8(15(16)17)7-12(11)19-13/h1-7,13H.